The van der Waals surface area contributed by atoms with Crippen molar-refractivity contribution >= 4 is 23.2 Å². The first kappa shape index (κ1) is 16.6. The first-order valence-electron chi connectivity index (χ1n) is 6.48. The van der Waals surface area contributed by atoms with Crippen LogP contribution in [0.15, 0.2) is 30.5 Å². The van der Waals surface area contributed by atoms with Gasteiger partial charge in [0.05, 0.1) is 21.5 Å². The lowest BCUT2D eigenvalue weighted by Crippen LogP contribution is -2.42. The van der Waals surface area contributed by atoms with Gasteiger partial charge in [-0.1, -0.05) is 0 Å². The molecule has 0 fully saturated rings. The Labute approximate surface area is 133 Å². The summed E-state index contributed by atoms with van der Waals surface area (Å²) < 4.78 is 0. The fourth-order valence-electron chi connectivity index (χ4n) is 1.93. The topological polar surface area (TPSA) is 160 Å². The van der Waals surface area contributed by atoms with E-state index in [1.54, 1.807) is 6.07 Å². The molecule has 0 aliphatic rings. The number of hydrazine groups is 1. The smallest absolute Gasteiger partial charge is 0.286 e. The molecule has 2 aromatic rings. The molecule has 124 valence electrons. The van der Waals surface area contributed by atoms with E-state index in [-0.39, 0.29) is 16.8 Å². The molecule has 1 heterocycles. The number of H-pyrrole nitrogens is 1. The zero-order valence-electron chi connectivity index (χ0n) is 12.2. The van der Waals surface area contributed by atoms with Gasteiger partial charge < -0.3 is 4.98 Å². The Bertz CT molecular complexity index is 830. The Hall–Kier alpha value is -3.76. The van der Waals surface area contributed by atoms with Gasteiger partial charge in [-0.25, -0.2) is 0 Å². The summed E-state index contributed by atoms with van der Waals surface area (Å²) in [5.74, 6) is -1.56. The van der Waals surface area contributed by atoms with Gasteiger partial charge in [-0.3, -0.25) is 40.7 Å². The number of hydrogen-bond acceptors (Lipinski definition) is 6. The minimum absolute atomic E-state index is 0.0581. The summed E-state index contributed by atoms with van der Waals surface area (Å²) in [5.41, 5.74) is 2.82. The van der Waals surface area contributed by atoms with E-state index >= 15 is 0 Å². The van der Waals surface area contributed by atoms with Gasteiger partial charge >= 0.3 is 0 Å². The molecule has 11 heteroatoms. The molecule has 0 bridgehead atoms. The van der Waals surface area contributed by atoms with Crippen molar-refractivity contribution in [1.29, 1.82) is 0 Å². The monoisotopic (exact) mass is 333 g/mol. The highest BCUT2D eigenvalue weighted by Gasteiger charge is 2.25. The van der Waals surface area contributed by atoms with Gasteiger partial charge in [0.2, 0.25) is 0 Å². The Balaban J connectivity index is 2.26. The summed E-state index contributed by atoms with van der Waals surface area (Å²) in [6.45, 7) is 1.28. The van der Waals surface area contributed by atoms with E-state index in [1.807, 2.05) is 0 Å². The first-order valence-corrected chi connectivity index (χ1v) is 6.48. The second-order valence-corrected chi connectivity index (χ2v) is 4.64. The molecule has 2 rings (SSSR count). The van der Waals surface area contributed by atoms with E-state index < -0.39 is 33.0 Å². The van der Waals surface area contributed by atoms with Gasteiger partial charge in [0.1, 0.15) is 5.69 Å². The van der Waals surface area contributed by atoms with Crippen LogP contribution in [0.1, 0.15) is 26.4 Å². The summed E-state index contributed by atoms with van der Waals surface area (Å²) in [6, 6.07) is 4.71. The molecule has 0 aliphatic carbocycles. The third-order valence-electron chi connectivity index (χ3n) is 3.15. The summed E-state index contributed by atoms with van der Waals surface area (Å²) >= 11 is 0. The molecule has 1 aromatic carbocycles. The summed E-state index contributed by atoms with van der Waals surface area (Å²) in [4.78, 5) is 46.6. The van der Waals surface area contributed by atoms with Gasteiger partial charge in [-0.05, 0) is 19.1 Å². The second-order valence-electron chi connectivity index (χ2n) is 4.64. The number of amides is 2. The number of carbonyl (C=O) groups is 2. The summed E-state index contributed by atoms with van der Waals surface area (Å²) in [7, 11) is 0. The molecule has 0 radical (unpaired) electrons. The number of hydrogen-bond donors (Lipinski definition) is 3. The maximum absolute atomic E-state index is 12.1. The highest BCUT2D eigenvalue weighted by atomic mass is 16.6. The third-order valence-corrected chi connectivity index (χ3v) is 3.15. The normalized spacial score (nSPS) is 10.0. The largest absolute Gasteiger partial charge is 0.357 e. The predicted molar refractivity (Wildman–Crippen MR) is 80.2 cm³/mol. The zero-order valence-corrected chi connectivity index (χ0v) is 12.2. The Morgan fingerprint density at radius 3 is 2.29 bits per heavy atom. The molecule has 11 nitrogen and oxygen atoms in total. The number of rotatable bonds is 4. The molecule has 2 amide bonds. The number of nitrogens with zero attached hydrogens (tertiary/aromatic N) is 2. The van der Waals surface area contributed by atoms with Gasteiger partial charge in [-0.2, -0.15) is 0 Å². The lowest BCUT2D eigenvalue weighted by Gasteiger charge is -2.09. The van der Waals surface area contributed by atoms with Crippen molar-refractivity contribution in [3.8, 4) is 0 Å². The Morgan fingerprint density at radius 1 is 1.08 bits per heavy atom. The average molecular weight is 333 g/mol. The van der Waals surface area contributed by atoms with E-state index in [1.165, 1.54) is 19.2 Å². The van der Waals surface area contributed by atoms with Crippen LogP contribution in [0.3, 0.4) is 0 Å². The highest BCUT2D eigenvalue weighted by molar-refractivity contribution is 6.00. The first-order chi connectivity index (χ1) is 11.3. The average Bonchev–Trinajstić information content (AvgIpc) is 3.06. The standard InChI is InChI=1S/C13H11N5O6/c1-7-9(5-8(17(21)22)6-11(7)18(23)24)12(19)15-16-13(20)10-3-2-4-14-10/h2-6,14H,1H3,(H,15,19)(H,16,20). The quantitative estimate of drug-likeness (QED) is 0.563. The van der Waals surface area contributed by atoms with E-state index in [0.29, 0.717) is 0 Å². The van der Waals surface area contributed by atoms with Crippen LogP contribution in [0.4, 0.5) is 11.4 Å². The maximum atomic E-state index is 12.1. The van der Waals surface area contributed by atoms with Crippen LogP contribution in [-0.4, -0.2) is 26.6 Å². The number of nitro benzene ring substituents is 2. The number of nitrogens with one attached hydrogen (secondary N) is 3. The molecule has 0 saturated heterocycles. The van der Waals surface area contributed by atoms with Crippen LogP contribution in [-0.2, 0) is 0 Å². The lowest BCUT2D eigenvalue weighted by molar-refractivity contribution is -0.394. The number of benzene rings is 1. The molecule has 1 aromatic heterocycles. The van der Waals surface area contributed by atoms with Gasteiger partial charge in [-0.15, -0.1) is 0 Å². The number of nitro groups is 2. The van der Waals surface area contributed by atoms with Crippen molar-refractivity contribution in [1.82, 2.24) is 15.8 Å². The van der Waals surface area contributed by atoms with Crippen LogP contribution in [0, 0.1) is 27.2 Å². The number of aromatic nitrogens is 1. The van der Waals surface area contributed by atoms with Crippen molar-refractivity contribution in [3.05, 3.63) is 67.5 Å². The molecular weight excluding hydrogens is 322 g/mol. The zero-order chi connectivity index (χ0) is 17.9. The van der Waals surface area contributed by atoms with Crippen LogP contribution >= 0.6 is 0 Å². The lowest BCUT2D eigenvalue weighted by atomic mass is 10.1. The van der Waals surface area contributed by atoms with E-state index in [0.717, 1.165) is 12.1 Å². The number of aromatic amines is 1. The molecular formula is C13H11N5O6. The molecule has 24 heavy (non-hydrogen) atoms. The maximum Gasteiger partial charge on any atom is 0.286 e. The molecule has 0 spiro atoms. The fourth-order valence-corrected chi connectivity index (χ4v) is 1.93. The molecule has 0 atom stereocenters. The summed E-state index contributed by atoms with van der Waals surface area (Å²) in [6.07, 6.45) is 1.50. The van der Waals surface area contributed by atoms with E-state index in [2.05, 4.69) is 15.8 Å². The summed E-state index contributed by atoms with van der Waals surface area (Å²) in [5, 5.41) is 21.8. The SMILES string of the molecule is Cc1c(C(=O)NNC(=O)c2ccc[nH]2)cc([N+](=O)[O-])cc1[N+](=O)[O-]. The van der Waals surface area contributed by atoms with Gasteiger partial charge in [0.25, 0.3) is 23.2 Å². The minimum atomic E-state index is -0.917. The molecule has 0 unspecified atom stereocenters. The van der Waals surface area contributed by atoms with E-state index in [9.17, 15) is 29.8 Å². The minimum Gasteiger partial charge on any atom is -0.357 e. The van der Waals surface area contributed by atoms with Crippen molar-refractivity contribution in [2.24, 2.45) is 0 Å². The predicted octanol–water partition coefficient (Wildman–Crippen LogP) is 1.21. The molecule has 0 saturated carbocycles. The second kappa shape index (κ2) is 6.56. The van der Waals surface area contributed by atoms with Gasteiger partial charge in [0, 0.05) is 17.8 Å². The van der Waals surface area contributed by atoms with Crippen LogP contribution < -0.4 is 10.9 Å². The molecule has 3 N–H and O–H groups in total. The van der Waals surface area contributed by atoms with Crippen molar-refractivity contribution in [3.63, 3.8) is 0 Å². The van der Waals surface area contributed by atoms with Gasteiger partial charge in [0.15, 0.2) is 0 Å². The number of carbonyl (C=O) groups excluding carboxylic acids is 2. The van der Waals surface area contributed by atoms with Crippen LogP contribution in [0.25, 0.3) is 0 Å². The Kier molecular flexibility index (Phi) is 4.54. The van der Waals surface area contributed by atoms with Crippen molar-refractivity contribution in [2.45, 2.75) is 6.92 Å². The van der Waals surface area contributed by atoms with Crippen molar-refractivity contribution in [2.75, 3.05) is 0 Å². The van der Waals surface area contributed by atoms with Crippen LogP contribution in [0.2, 0.25) is 0 Å². The van der Waals surface area contributed by atoms with Crippen LogP contribution in [0.5, 0.6) is 0 Å². The molecule has 0 aliphatic heterocycles. The number of non-ortho nitro benzene ring substituents is 1. The highest BCUT2D eigenvalue weighted by Crippen LogP contribution is 2.27. The van der Waals surface area contributed by atoms with Crippen molar-refractivity contribution < 1.29 is 19.4 Å². The fraction of sp³-hybridized carbons (Fsp3) is 0.0769. The Morgan fingerprint density at radius 2 is 1.75 bits per heavy atom. The van der Waals surface area contributed by atoms with E-state index in [4.69, 9.17) is 0 Å². The third kappa shape index (κ3) is 3.35.